The van der Waals surface area contributed by atoms with Crippen molar-refractivity contribution in [3.05, 3.63) is 28.2 Å². The molecule has 1 amide bonds. The zero-order chi connectivity index (χ0) is 15.8. The number of halogens is 2. The van der Waals surface area contributed by atoms with Crippen LogP contribution in [0.5, 0.6) is 0 Å². The zero-order valence-corrected chi connectivity index (χ0v) is 14.4. The van der Waals surface area contributed by atoms with E-state index in [1.54, 1.807) is 30.0 Å². The molecule has 0 saturated heterocycles. The van der Waals surface area contributed by atoms with E-state index in [0.717, 1.165) is 16.4 Å². The summed E-state index contributed by atoms with van der Waals surface area (Å²) in [7, 11) is 0. The highest BCUT2D eigenvalue weighted by atomic mass is 35.5. The lowest BCUT2D eigenvalue weighted by Crippen LogP contribution is -2.41. The molecule has 116 valence electrons. The second kappa shape index (κ2) is 9.46. The van der Waals surface area contributed by atoms with E-state index in [-0.39, 0.29) is 5.91 Å². The van der Waals surface area contributed by atoms with Crippen molar-refractivity contribution in [2.24, 2.45) is 0 Å². The van der Waals surface area contributed by atoms with Gasteiger partial charge in [0, 0.05) is 34.1 Å². The summed E-state index contributed by atoms with van der Waals surface area (Å²) in [6, 6.07) is 4.42. The van der Waals surface area contributed by atoms with Gasteiger partial charge in [0.05, 0.1) is 5.02 Å². The Labute approximate surface area is 142 Å². The molecule has 0 heterocycles. The van der Waals surface area contributed by atoms with Crippen LogP contribution in [0.2, 0.25) is 10.0 Å². The predicted octanol–water partition coefficient (Wildman–Crippen LogP) is 3.41. The van der Waals surface area contributed by atoms with Crippen LogP contribution in [0.25, 0.3) is 0 Å². The van der Waals surface area contributed by atoms with Gasteiger partial charge in [0.25, 0.3) is 0 Å². The number of thioether (sulfide) groups is 2. The molecule has 0 bridgehead atoms. The summed E-state index contributed by atoms with van der Waals surface area (Å²) in [5, 5.41) is 12.6. The zero-order valence-electron chi connectivity index (χ0n) is 11.3. The highest BCUT2D eigenvalue weighted by molar-refractivity contribution is 8.03. The van der Waals surface area contributed by atoms with Gasteiger partial charge in [-0.05, 0) is 18.2 Å². The van der Waals surface area contributed by atoms with Gasteiger partial charge < -0.3 is 10.4 Å². The molecule has 1 atom stereocenters. The molecule has 0 spiro atoms. The van der Waals surface area contributed by atoms with Crippen molar-refractivity contribution in [2.75, 3.05) is 17.3 Å². The van der Waals surface area contributed by atoms with Gasteiger partial charge in [-0.15, -0.1) is 11.8 Å². The van der Waals surface area contributed by atoms with Crippen LogP contribution in [-0.4, -0.2) is 40.3 Å². The molecule has 4 nitrogen and oxygen atoms in total. The molecule has 0 aliphatic heterocycles. The van der Waals surface area contributed by atoms with Crippen LogP contribution in [0.15, 0.2) is 23.1 Å². The summed E-state index contributed by atoms with van der Waals surface area (Å²) in [6.45, 7) is 1.30. The topological polar surface area (TPSA) is 66.4 Å². The van der Waals surface area contributed by atoms with E-state index in [0.29, 0.717) is 15.8 Å². The van der Waals surface area contributed by atoms with Crippen molar-refractivity contribution < 1.29 is 14.7 Å². The Kier molecular flexibility index (Phi) is 8.33. The van der Waals surface area contributed by atoms with Crippen molar-refractivity contribution in [3.8, 4) is 0 Å². The van der Waals surface area contributed by atoms with Gasteiger partial charge in [-0.1, -0.05) is 23.2 Å². The van der Waals surface area contributed by atoms with Gasteiger partial charge in [0.15, 0.2) is 0 Å². The molecule has 0 aromatic heterocycles. The van der Waals surface area contributed by atoms with Crippen molar-refractivity contribution >= 4 is 58.6 Å². The van der Waals surface area contributed by atoms with E-state index in [1.807, 2.05) is 0 Å². The highest BCUT2D eigenvalue weighted by Gasteiger charge is 2.17. The Morgan fingerprint density at radius 2 is 2.05 bits per heavy atom. The fraction of sp³-hybridized carbons (Fsp3) is 0.385. The fourth-order valence-electron chi connectivity index (χ4n) is 1.42. The number of hydrogen-bond donors (Lipinski definition) is 2. The van der Waals surface area contributed by atoms with E-state index >= 15 is 0 Å². The van der Waals surface area contributed by atoms with Gasteiger partial charge in [-0.3, -0.25) is 4.79 Å². The van der Waals surface area contributed by atoms with Crippen molar-refractivity contribution in [2.45, 2.75) is 17.9 Å². The largest absolute Gasteiger partial charge is 0.480 e. The molecule has 8 heteroatoms. The molecule has 21 heavy (non-hydrogen) atoms. The summed E-state index contributed by atoms with van der Waals surface area (Å²) in [6.07, 6.45) is 0. The first-order chi connectivity index (χ1) is 9.90. The van der Waals surface area contributed by atoms with E-state index in [1.165, 1.54) is 18.7 Å². The molecule has 1 aromatic carbocycles. The summed E-state index contributed by atoms with van der Waals surface area (Å²) in [5.74, 6) is 0.485. The van der Waals surface area contributed by atoms with Crippen molar-refractivity contribution in [3.63, 3.8) is 0 Å². The van der Waals surface area contributed by atoms with Gasteiger partial charge in [0.2, 0.25) is 5.91 Å². The second-order valence-corrected chi connectivity index (χ2v) is 7.22. The first kappa shape index (κ1) is 18.5. The Morgan fingerprint density at radius 3 is 2.67 bits per heavy atom. The van der Waals surface area contributed by atoms with Crippen LogP contribution in [-0.2, 0) is 9.59 Å². The lowest BCUT2D eigenvalue weighted by Gasteiger charge is -2.12. The lowest BCUT2D eigenvalue weighted by molar-refractivity contribution is -0.140. The standard InChI is InChI=1S/C13H15Cl2NO3S2/c1-8(17)16-11(13(18)19)7-20-4-5-21-12-6-9(14)2-3-10(12)15/h2-3,6,11H,4-5,7H2,1H3,(H,16,17)(H,18,19)/t11-/m0/s1. The van der Waals surface area contributed by atoms with Crippen LogP contribution < -0.4 is 5.32 Å². The van der Waals surface area contributed by atoms with Gasteiger partial charge in [0.1, 0.15) is 6.04 Å². The second-order valence-electron chi connectivity index (χ2n) is 4.09. The third-order valence-corrected chi connectivity index (χ3v) is 5.39. The van der Waals surface area contributed by atoms with Crippen molar-refractivity contribution in [1.29, 1.82) is 0 Å². The van der Waals surface area contributed by atoms with Crippen LogP contribution in [0.3, 0.4) is 0 Å². The van der Waals surface area contributed by atoms with Gasteiger partial charge in [-0.25, -0.2) is 4.79 Å². The average molecular weight is 368 g/mol. The first-order valence-corrected chi connectivity index (χ1v) is 8.95. The van der Waals surface area contributed by atoms with Crippen LogP contribution in [0.1, 0.15) is 6.92 Å². The van der Waals surface area contributed by atoms with E-state index in [2.05, 4.69) is 5.32 Å². The van der Waals surface area contributed by atoms with Crippen molar-refractivity contribution in [1.82, 2.24) is 5.32 Å². The third kappa shape index (κ3) is 7.31. The number of carbonyl (C=O) groups excluding carboxylic acids is 1. The minimum Gasteiger partial charge on any atom is -0.480 e. The molecule has 0 fully saturated rings. The molecular weight excluding hydrogens is 353 g/mol. The smallest absolute Gasteiger partial charge is 0.327 e. The monoisotopic (exact) mass is 367 g/mol. The highest BCUT2D eigenvalue weighted by Crippen LogP contribution is 2.30. The first-order valence-electron chi connectivity index (χ1n) is 6.05. The predicted molar refractivity (Wildman–Crippen MR) is 89.8 cm³/mol. The molecular formula is C13H15Cl2NO3S2. The van der Waals surface area contributed by atoms with E-state index < -0.39 is 12.0 Å². The molecule has 0 saturated carbocycles. The Bertz CT molecular complexity index is 514. The molecule has 0 aliphatic rings. The summed E-state index contributed by atoms with van der Waals surface area (Å²) >= 11 is 15.0. The average Bonchev–Trinajstić information content (AvgIpc) is 2.40. The normalized spacial score (nSPS) is 12.0. The number of benzene rings is 1. The molecule has 0 aliphatic carbocycles. The minimum atomic E-state index is -1.02. The van der Waals surface area contributed by atoms with Gasteiger partial charge >= 0.3 is 5.97 Å². The van der Waals surface area contributed by atoms with Crippen LogP contribution in [0.4, 0.5) is 0 Å². The number of carbonyl (C=O) groups is 2. The Hall–Kier alpha value is -0.560. The maximum atomic E-state index is 10.9. The number of amides is 1. The Morgan fingerprint density at radius 1 is 1.33 bits per heavy atom. The lowest BCUT2D eigenvalue weighted by atomic mass is 10.3. The summed E-state index contributed by atoms with van der Waals surface area (Å²) in [5.41, 5.74) is 0. The number of nitrogens with one attached hydrogen (secondary N) is 1. The van der Waals surface area contributed by atoms with E-state index in [4.69, 9.17) is 28.3 Å². The number of hydrogen-bond acceptors (Lipinski definition) is 4. The molecule has 0 radical (unpaired) electrons. The van der Waals surface area contributed by atoms with Gasteiger partial charge in [-0.2, -0.15) is 11.8 Å². The maximum absolute atomic E-state index is 10.9. The maximum Gasteiger partial charge on any atom is 0.327 e. The molecule has 2 N–H and O–H groups in total. The van der Waals surface area contributed by atoms with E-state index in [9.17, 15) is 9.59 Å². The number of aliphatic carboxylic acids is 1. The summed E-state index contributed by atoms with van der Waals surface area (Å²) < 4.78 is 0. The number of carboxylic acids is 1. The van der Waals surface area contributed by atoms with Crippen LogP contribution >= 0.6 is 46.7 Å². The fourth-order valence-corrected chi connectivity index (χ4v) is 4.01. The summed E-state index contributed by atoms with van der Waals surface area (Å²) in [4.78, 5) is 22.7. The molecule has 0 unspecified atom stereocenters. The minimum absolute atomic E-state index is 0.332. The quantitative estimate of drug-likeness (QED) is 0.544. The molecule has 1 aromatic rings. The SMILES string of the molecule is CC(=O)N[C@@H](CSCCSc1cc(Cl)ccc1Cl)C(=O)O. The van der Waals surface area contributed by atoms with Crippen LogP contribution in [0, 0.1) is 0 Å². The number of rotatable bonds is 8. The Balaban J connectivity index is 2.32. The molecule has 1 rings (SSSR count). The number of carboxylic acid groups (broad SMARTS) is 1. The third-order valence-electron chi connectivity index (χ3n) is 2.34.